The van der Waals surface area contributed by atoms with Crippen LogP contribution in [-0.2, 0) is 24.0 Å². The Balaban J connectivity index is 2.03. The lowest BCUT2D eigenvalue weighted by Crippen LogP contribution is -2.52. The van der Waals surface area contributed by atoms with Crippen molar-refractivity contribution in [2.75, 3.05) is 11.9 Å². The van der Waals surface area contributed by atoms with Gasteiger partial charge < -0.3 is 25.8 Å². The number of carbonyl (C=O) groups excluding carboxylic acids is 4. The first-order valence-corrected chi connectivity index (χ1v) is 10.4. The Labute approximate surface area is 206 Å². The van der Waals surface area contributed by atoms with Crippen LogP contribution in [0.4, 0.5) is 23.4 Å². The lowest BCUT2D eigenvalue weighted by molar-refractivity contribution is -0.139. The Kier molecular flexibility index (Phi) is 10.0. The van der Waals surface area contributed by atoms with Crippen molar-refractivity contribution in [2.24, 2.45) is 0 Å². The lowest BCUT2D eigenvalue weighted by atomic mass is 10.1. The fraction of sp³-hybridized carbons (Fsp3) is 0.273. The van der Waals surface area contributed by atoms with E-state index in [0.717, 1.165) is 6.92 Å². The largest absolute Gasteiger partial charge is 0.481 e. The number of carboxylic acid groups (broad SMARTS) is 1. The molecule has 0 fully saturated rings. The van der Waals surface area contributed by atoms with E-state index >= 15 is 0 Å². The molecule has 0 spiro atoms. The van der Waals surface area contributed by atoms with E-state index in [1.165, 1.54) is 12.3 Å². The molecule has 2 rings (SSSR count). The summed E-state index contributed by atoms with van der Waals surface area (Å²) < 4.78 is 58.7. The number of ketones is 1. The number of rotatable bonds is 11. The van der Waals surface area contributed by atoms with Crippen molar-refractivity contribution in [1.29, 1.82) is 0 Å². The minimum atomic E-state index is -1.90. The van der Waals surface area contributed by atoms with Crippen LogP contribution in [0.15, 0.2) is 30.5 Å². The highest BCUT2D eigenvalue weighted by molar-refractivity contribution is 6.39. The fourth-order valence-electron chi connectivity index (χ4n) is 2.74. The van der Waals surface area contributed by atoms with Crippen molar-refractivity contribution in [3.8, 4) is 5.75 Å². The molecule has 15 heteroatoms. The molecule has 2 atom stereocenters. The van der Waals surface area contributed by atoms with E-state index in [4.69, 9.17) is 5.11 Å². The average Bonchev–Trinajstić information content (AvgIpc) is 2.85. The standard InChI is InChI=1S/C22H20F4N4O7/c1-10(28-21(35)22(36)30-15-4-2-3-7-27-15)20(34)29-13(5-6-16(32)33)14(31)9-37-19-17(25)11(23)8-12(24)18(19)26/h2-4,7-8,10,13H,5-6,9H2,1H3,(H,28,35)(H,29,34)(H,32,33)(H,27,30,36). The van der Waals surface area contributed by atoms with Gasteiger partial charge in [-0.25, -0.2) is 13.8 Å². The molecule has 2 unspecified atom stereocenters. The molecule has 1 heterocycles. The number of aliphatic carboxylic acids is 1. The van der Waals surface area contributed by atoms with Gasteiger partial charge in [0.2, 0.25) is 17.5 Å². The number of aromatic nitrogens is 1. The summed E-state index contributed by atoms with van der Waals surface area (Å²) in [5, 5.41) is 15.3. The highest BCUT2D eigenvalue weighted by atomic mass is 19.2. The van der Waals surface area contributed by atoms with E-state index in [9.17, 15) is 41.5 Å². The second-order valence-electron chi connectivity index (χ2n) is 7.41. The Morgan fingerprint density at radius 1 is 1.00 bits per heavy atom. The molecule has 198 valence electrons. The van der Waals surface area contributed by atoms with Gasteiger partial charge in [0.15, 0.2) is 23.2 Å². The summed E-state index contributed by atoms with van der Waals surface area (Å²) in [4.78, 5) is 63.7. The van der Waals surface area contributed by atoms with Crippen molar-refractivity contribution in [2.45, 2.75) is 31.8 Å². The highest BCUT2D eigenvalue weighted by Gasteiger charge is 2.28. The third kappa shape index (κ3) is 8.26. The highest BCUT2D eigenvalue weighted by Crippen LogP contribution is 2.26. The molecular weight excluding hydrogens is 508 g/mol. The van der Waals surface area contributed by atoms with Crippen LogP contribution in [0.3, 0.4) is 0 Å². The predicted octanol–water partition coefficient (Wildman–Crippen LogP) is 1.08. The first-order chi connectivity index (χ1) is 17.4. The van der Waals surface area contributed by atoms with E-state index in [1.807, 2.05) is 0 Å². The summed E-state index contributed by atoms with van der Waals surface area (Å²) in [6.07, 6.45) is 0.211. The van der Waals surface area contributed by atoms with Gasteiger partial charge in [0.25, 0.3) is 0 Å². The summed E-state index contributed by atoms with van der Waals surface area (Å²) in [5.41, 5.74) is 0. The molecule has 2 aromatic rings. The number of nitrogens with zero attached hydrogens (tertiary/aromatic N) is 1. The van der Waals surface area contributed by atoms with Crippen LogP contribution in [0.5, 0.6) is 5.75 Å². The van der Waals surface area contributed by atoms with E-state index < -0.39 is 90.0 Å². The summed E-state index contributed by atoms with van der Waals surface area (Å²) in [5.74, 6) is -14.7. The van der Waals surface area contributed by atoms with Crippen molar-refractivity contribution in [3.05, 3.63) is 53.7 Å². The molecule has 0 aliphatic rings. The van der Waals surface area contributed by atoms with Crippen molar-refractivity contribution in [3.63, 3.8) is 0 Å². The number of ether oxygens (including phenoxy) is 1. The number of Topliss-reactive ketones (excluding diaryl/α,β-unsaturated/α-hetero) is 1. The predicted molar refractivity (Wildman–Crippen MR) is 116 cm³/mol. The smallest absolute Gasteiger partial charge is 0.314 e. The Bertz CT molecular complexity index is 1170. The number of carbonyl (C=O) groups is 5. The Hall–Kier alpha value is -4.56. The quantitative estimate of drug-likeness (QED) is 0.191. The number of halogens is 4. The number of carboxylic acids is 1. The number of anilines is 1. The van der Waals surface area contributed by atoms with Crippen LogP contribution in [0.2, 0.25) is 0 Å². The van der Waals surface area contributed by atoms with Crippen LogP contribution >= 0.6 is 0 Å². The molecule has 37 heavy (non-hydrogen) atoms. The van der Waals surface area contributed by atoms with E-state index in [2.05, 4.69) is 25.7 Å². The maximum atomic E-state index is 13.7. The average molecular weight is 528 g/mol. The molecule has 0 aliphatic carbocycles. The van der Waals surface area contributed by atoms with Gasteiger partial charge in [0.1, 0.15) is 18.5 Å². The molecule has 1 aromatic heterocycles. The number of amides is 3. The molecule has 0 aliphatic heterocycles. The van der Waals surface area contributed by atoms with Crippen LogP contribution < -0.4 is 20.7 Å². The number of hydrogen-bond donors (Lipinski definition) is 4. The van der Waals surface area contributed by atoms with Crippen molar-refractivity contribution >= 4 is 35.3 Å². The summed E-state index contributed by atoms with van der Waals surface area (Å²) in [6.45, 7) is -0.0503. The van der Waals surface area contributed by atoms with E-state index in [0.29, 0.717) is 0 Å². The normalized spacial score (nSPS) is 12.1. The van der Waals surface area contributed by atoms with Crippen LogP contribution in [-0.4, -0.2) is 58.3 Å². The third-order valence-corrected chi connectivity index (χ3v) is 4.64. The van der Waals surface area contributed by atoms with Crippen molar-refractivity contribution < 1.29 is 51.4 Å². The first-order valence-electron chi connectivity index (χ1n) is 10.4. The molecule has 4 N–H and O–H groups in total. The van der Waals surface area contributed by atoms with E-state index in [1.54, 1.807) is 12.1 Å². The zero-order chi connectivity index (χ0) is 27.7. The van der Waals surface area contributed by atoms with Gasteiger partial charge in [-0.05, 0) is 25.5 Å². The monoisotopic (exact) mass is 528 g/mol. The van der Waals surface area contributed by atoms with Gasteiger partial charge in [0, 0.05) is 18.7 Å². The Morgan fingerprint density at radius 3 is 2.22 bits per heavy atom. The van der Waals surface area contributed by atoms with Crippen molar-refractivity contribution in [1.82, 2.24) is 15.6 Å². The number of benzene rings is 1. The molecule has 0 radical (unpaired) electrons. The van der Waals surface area contributed by atoms with Gasteiger partial charge in [-0.1, -0.05) is 6.07 Å². The number of hydrogen-bond acceptors (Lipinski definition) is 7. The molecule has 1 aromatic carbocycles. The summed E-state index contributed by atoms with van der Waals surface area (Å²) in [6, 6.07) is 1.44. The SMILES string of the molecule is CC(NC(=O)C(=O)Nc1ccccn1)C(=O)NC(CCC(=O)O)C(=O)COc1c(F)c(F)cc(F)c1F. The maximum absolute atomic E-state index is 13.7. The molecule has 0 bridgehead atoms. The molecule has 11 nitrogen and oxygen atoms in total. The molecule has 3 amide bonds. The minimum Gasteiger partial charge on any atom is -0.481 e. The first kappa shape index (κ1) is 28.7. The Morgan fingerprint density at radius 2 is 1.65 bits per heavy atom. The second kappa shape index (κ2) is 12.9. The lowest BCUT2D eigenvalue weighted by Gasteiger charge is -2.20. The van der Waals surface area contributed by atoms with Gasteiger partial charge in [-0.15, -0.1) is 0 Å². The van der Waals surface area contributed by atoms with Gasteiger partial charge in [0.05, 0.1) is 6.04 Å². The summed E-state index contributed by atoms with van der Waals surface area (Å²) >= 11 is 0. The van der Waals surface area contributed by atoms with Gasteiger partial charge >= 0.3 is 17.8 Å². The van der Waals surface area contributed by atoms with E-state index in [-0.39, 0.29) is 11.9 Å². The maximum Gasteiger partial charge on any atom is 0.314 e. The number of pyridine rings is 1. The van der Waals surface area contributed by atoms with Crippen LogP contribution in [0, 0.1) is 23.3 Å². The third-order valence-electron chi connectivity index (χ3n) is 4.64. The number of nitrogens with one attached hydrogen (secondary N) is 3. The molecule has 0 saturated heterocycles. The minimum absolute atomic E-state index is 0.0603. The zero-order valence-electron chi connectivity index (χ0n) is 19.0. The summed E-state index contributed by atoms with van der Waals surface area (Å²) in [7, 11) is 0. The van der Waals surface area contributed by atoms with Crippen LogP contribution in [0.25, 0.3) is 0 Å². The zero-order valence-corrected chi connectivity index (χ0v) is 19.0. The topological polar surface area (TPSA) is 164 Å². The molecular formula is C22H20F4N4O7. The van der Waals surface area contributed by atoms with Crippen LogP contribution in [0.1, 0.15) is 19.8 Å². The van der Waals surface area contributed by atoms with Gasteiger partial charge in [-0.2, -0.15) is 8.78 Å². The molecule has 0 saturated carbocycles. The fourth-order valence-corrected chi connectivity index (χ4v) is 2.74. The van der Waals surface area contributed by atoms with Gasteiger partial charge in [-0.3, -0.25) is 24.0 Å². The second-order valence-corrected chi connectivity index (χ2v) is 7.41.